The second-order valence-electron chi connectivity index (χ2n) is 5.78. The first-order valence-electron chi connectivity index (χ1n) is 7.85. The quantitative estimate of drug-likeness (QED) is 0.724. The van der Waals surface area contributed by atoms with Gasteiger partial charge in [0.25, 0.3) is 15.9 Å². The highest BCUT2D eigenvalue weighted by molar-refractivity contribution is 7.92. The van der Waals surface area contributed by atoms with Crippen molar-refractivity contribution in [3.8, 4) is 0 Å². The number of rotatable bonds is 4. The minimum Gasteiger partial charge on any atom is -0.327 e. The molecule has 1 amide bonds. The molecule has 1 aromatic heterocycles. The topological polar surface area (TPSA) is 80.5 Å². The number of para-hydroxylation sites is 1. The molecule has 0 saturated heterocycles. The van der Waals surface area contributed by atoms with E-state index in [0.29, 0.717) is 10.4 Å². The van der Waals surface area contributed by atoms with Crippen LogP contribution in [0, 0.1) is 12.7 Å². The molecular formula is C18H16FN3O3S2. The number of hydrogen-bond donors (Lipinski definition) is 1. The molecule has 0 bridgehead atoms. The molecule has 0 atom stereocenters. The summed E-state index contributed by atoms with van der Waals surface area (Å²) in [5.74, 6) is -1.24. The van der Waals surface area contributed by atoms with Gasteiger partial charge in [-0.05, 0) is 36.8 Å². The molecule has 140 valence electrons. The minimum atomic E-state index is -4.07. The number of carbonyl (C=O) groups is 1. The second kappa shape index (κ2) is 7.45. The Morgan fingerprint density at radius 3 is 2.63 bits per heavy atom. The highest BCUT2D eigenvalue weighted by Gasteiger charge is 2.19. The Hall–Kier alpha value is -2.78. The molecule has 3 rings (SSSR count). The average molecular weight is 405 g/mol. The lowest BCUT2D eigenvalue weighted by Gasteiger charge is -2.10. The number of sulfonamides is 1. The number of hydrogen-bond acceptors (Lipinski definition) is 4. The van der Waals surface area contributed by atoms with Crippen LogP contribution in [0.3, 0.4) is 0 Å². The first-order valence-corrected chi connectivity index (χ1v) is 10.2. The first kappa shape index (κ1) is 19.0. The zero-order chi connectivity index (χ0) is 19.6. The van der Waals surface area contributed by atoms with Crippen molar-refractivity contribution in [2.75, 3.05) is 4.72 Å². The molecule has 1 N–H and O–H groups in total. The number of aryl methyl sites for hydroxylation is 2. The molecule has 0 radical (unpaired) electrons. The number of aromatic nitrogens is 1. The van der Waals surface area contributed by atoms with Crippen molar-refractivity contribution in [2.24, 2.45) is 12.0 Å². The summed E-state index contributed by atoms with van der Waals surface area (Å²) in [5.41, 5.74) is 0.592. The summed E-state index contributed by atoms with van der Waals surface area (Å²) < 4.78 is 42.8. The Kier molecular flexibility index (Phi) is 5.24. The standard InChI is InChI=1S/C18H16FN3O3S2/c1-12-7-8-13(27(24,25)21-16-6-4-3-5-15(16)19)11-14(12)17(23)20-18-22(2)9-10-26-18/h3-11,21H,1-2H3. The molecule has 27 heavy (non-hydrogen) atoms. The van der Waals surface area contributed by atoms with E-state index in [2.05, 4.69) is 9.71 Å². The van der Waals surface area contributed by atoms with Crippen molar-refractivity contribution in [2.45, 2.75) is 11.8 Å². The molecule has 0 spiro atoms. The molecule has 0 aliphatic carbocycles. The van der Waals surface area contributed by atoms with E-state index in [1.807, 2.05) is 0 Å². The van der Waals surface area contributed by atoms with Gasteiger partial charge in [-0.1, -0.05) is 18.2 Å². The minimum absolute atomic E-state index is 0.148. The van der Waals surface area contributed by atoms with E-state index in [4.69, 9.17) is 0 Å². The number of thiazole rings is 1. The van der Waals surface area contributed by atoms with Crippen LogP contribution in [-0.2, 0) is 17.1 Å². The zero-order valence-electron chi connectivity index (χ0n) is 14.5. The van der Waals surface area contributed by atoms with Gasteiger partial charge in [-0.25, -0.2) is 12.8 Å². The maximum Gasteiger partial charge on any atom is 0.279 e. The van der Waals surface area contributed by atoms with Crippen molar-refractivity contribution in [3.05, 3.63) is 75.8 Å². The van der Waals surface area contributed by atoms with Gasteiger partial charge in [0, 0.05) is 24.2 Å². The smallest absolute Gasteiger partial charge is 0.279 e. The third kappa shape index (κ3) is 4.15. The van der Waals surface area contributed by atoms with Crippen molar-refractivity contribution in [1.29, 1.82) is 0 Å². The lowest BCUT2D eigenvalue weighted by Crippen LogP contribution is -2.16. The fourth-order valence-corrected chi connectivity index (χ4v) is 4.15. The van der Waals surface area contributed by atoms with E-state index in [1.54, 1.807) is 30.1 Å². The molecule has 9 heteroatoms. The van der Waals surface area contributed by atoms with E-state index in [9.17, 15) is 17.6 Å². The fraction of sp³-hybridized carbons (Fsp3) is 0.111. The monoisotopic (exact) mass is 405 g/mol. The van der Waals surface area contributed by atoms with Crippen LogP contribution in [0.5, 0.6) is 0 Å². The Labute approximate surface area is 159 Å². The van der Waals surface area contributed by atoms with Gasteiger partial charge in [0.1, 0.15) is 5.82 Å². The number of nitrogens with zero attached hydrogens (tertiary/aromatic N) is 2. The van der Waals surface area contributed by atoms with Gasteiger partial charge in [-0.3, -0.25) is 9.52 Å². The maximum absolute atomic E-state index is 13.8. The van der Waals surface area contributed by atoms with Crippen molar-refractivity contribution >= 4 is 33.0 Å². The molecule has 0 aliphatic rings. The summed E-state index contributed by atoms with van der Waals surface area (Å²) >= 11 is 1.29. The van der Waals surface area contributed by atoms with E-state index in [-0.39, 0.29) is 16.1 Å². The zero-order valence-corrected chi connectivity index (χ0v) is 16.1. The van der Waals surface area contributed by atoms with E-state index in [0.717, 1.165) is 6.07 Å². The normalized spacial score (nSPS) is 12.2. The van der Waals surface area contributed by atoms with Gasteiger partial charge in [-0.2, -0.15) is 4.99 Å². The van der Waals surface area contributed by atoms with Crippen LogP contribution in [-0.4, -0.2) is 18.9 Å². The predicted octanol–water partition coefficient (Wildman–Crippen LogP) is 3.08. The van der Waals surface area contributed by atoms with Gasteiger partial charge < -0.3 is 4.57 Å². The van der Waals surface area contributed by atoms with Gasteiger partial charge in [0.15, 0.2) is 4.80 Å². The number of amides is 1. The molecule has 2 aromatic carbocycles. The lowest BCUT2D eigenvalue weighted by molar-refractivity contribution is 0.0997. The molecule has 3 aromatic rings. The predicted molar refractivity (Wildman–Crippen MR) is 102 cm³/mol. The molecule has 1 heterocycles. The Morgan fingerprint density at radius 1 is 1.22 bits per heavy atom. The number of anilines is 1. The summed E-state index contributed by atoms with van der Waals surface area (Å²) in [5, 5.41) is 1.79. The summed E-state index contributed by atoms with van der Waals surface area (Å²) in [6, 6.07) is 9.58. The van der Waals surface area contributed by atoms with Crippen LogP contribution in [0.4, 0.5) is 10.1 Å². The largest absolute Gasteiger partial charge is 0.327 e. The molecular weight excluding hydrogens is 389 g/mol. The second-order valence-corrected chi connectivity index (χ2v) is 8.33. The summed E-state index contributed by atoms with van der Waals surface area (Å²) in [4.78, 5) is 16.9. The molecule has 0 fully saturated rings. The Morgan fingerprint density at radius 2 is 1.96 bits per heavy atom. The summed E-state index contributed by atoms with van der Waals surface area (Å²) in [6.45, 7) is 1.69. The van der Waals surface area contributed by atoms with Gasteiger partial charge in [-0.15, -0.1) is 11.3 Å². The Bertz CT molecular complexity index is 1180. The van der Waals surface area contributed by atoms with Gasteiger partial charge in [0.2, 0.25) is 0 Å². The van der Waals surface area contributed by atoms with E-state index < -0.39 is 21.7 Å². The first-order chi connectivity index (χ1) is 12.8. The molecule has 0 aliphatic heterocycles. The highest BCUT2D eigenvalue weighted by Crippen LogP contribution is 2.21. The average Bonchev–Trinajstić information content (AvgIpc) is 3.01. The summed E-state index contributed by atoms with van der Waals surface area (Å²) in [6.07, 6.45) is 1.77. The maximum atomic E-state index is 13.8. The number of benzene rings is 2. The van der Waals surface area contributed by atoms with E-state index >= 15 is 0 Å². The molecule has 6 nitrogen and oxygen atoms in total. The van der Waals surface area contributed by atoms with E-state index in [1.165, 1.54) is 47.7 Å². The third-order valence-electron chi connectivity index (χ3n) is 3.82. The van der Waals surface area contributed by atoms with Crippen LogP contribution in [0.25, 0.3) is 0 Å². The van der Waals surface area contributed by atoms with Gasteiger partial charge in [0.05, 0.1) is 10.6 Å². The van der Waals surface area contributed by atoms with Crippen LogP contribution in [0.2, 0.25) is 0 Å². The summed E-state index contributed by atoms with van der Waals surface area (Å²) in [7, 11) is -2.31. The van der Waals surface area contributed by atoms with Crippen molar-refractivity contribution in [3.63, 3.8) is 0 Å². The van der Waals surface area contributed by atoms with Crippen LogP contribution < -0.4 is 9.52 Å². The molecule has 0 unspecified atom stereocenters. The lowest BCUT2D eigenvalue weighted by atomic mass is 10.1. The van der Waals surface area contributed by atoms with Crippen molar-refractivity contribution < 1.29 is 17.6 Å². The number of halogens is 1. The number of carbonyl (C=O) groups excluding carboxylic acids is 1. The van der Waals surface area contributed by atoms with Crippen LogP contribution in [0.15, 0.2) is 63.9 Å². The van der Waals surface area contributed by atoms with Crippen molar-refractivity contribution in [1.82, 2.24) is 4.57 Å². The van der Waals surface area contributed by atoms with Crippen LogP contribution >= 0.6 is 11.3 Å². The molecule has 0 saturated carbocycles. The SMILES string of the molecule is Cc1ccc(S(=O)(=O)Nc2ccccc2F)cc1C(=O)N=c1sccn1C. The van der Waals surface area contributed by atoms with Crippen LogP contribution in [0.1, 0.15) is 15.9 Å². The number of nitrogens with one attached hydrogen (secondary N) is 1. The fourth-order valence-electron chi connectivity index (χ4n) is 2.33. The third-order valence-corrected chi connectivity index (χ3v) is 6.04. The van der Waals surface area contributed by atoms with Gasteiger partial charge >= 0.3 is 0 Å². The Balaban J connectivity index is 1.99. The highest BCUT2D eigenvalue weighted by atomic mass is 32.2.